The molecule has 1 fully saturated rings. The minimum absolute atomic E-state index is 0.200. The van der Waals surface area contributed by atoms with Gasteiger partial charge in [-0.2, -0.15) is 0 Å². The number of hydrogen-bond acceptors (Lipinski definition) is 3. The third-order valence-corrected chi connectivity index (χ3v) is 2.41. The molecule has 2 aliphatic heterocycles. The highest BCUT2D eigenvalue weighted by molar-refractivity contribution is 5.80. The van der Waals surface area contributed by atoms with Crippen LogP contribution in [0.25, 0.3) is 0 Å². The summed E-state index contributed by atoms with van der Waals surface area (Å²) in [5.41, 5.74) is 5.22. The number of nitrogens with zero attached hydrogens (tertiary/aromatic N) is 1. The van der Waals surface area contributed by atoms with Crippen molar-refractivity contribution in [2.24, 2.45) is 5.73 Å². The van der Waals surface area contributed by atoms with E-state index in [0.29, 0.717) is 0 Å². The molecular formula is C9H13N3O. The summed E-state index contributed by atoms with van der Waals surface area (Å²) in [5.74, 6) is 0.743. The predicted molar refractivity (Wildman–Crippen MR) is 49.5 cm³/mol. The van der Waals surface area contributed by atoms with Gasteiger partial charge in [0.05, 0.1) is 0 Å². The highest BCUT2D eigenvalue weighted by atomic mass is 16.1. The first kappa shape index (κ1) is 8.16. The lowest BCUT2D eigenvalue weighted by molar-refractivity contribution is -0.120. The normalized spacial score (nSPS) is 26.0. The molecule has 0 saturated carbocycles. The molecule has 0 aromatic rings. The van der Waals surface area contributed by atoms with Crippen LogP contribution in [0.3, 0.4) is 0 Å². The van der Waals surface area contributed by atoms with Crippen molar-refractivity contribution in [3.63, 3.8) is 0 Å². The maximum Gasteiger partial charge on any atom is 0.240 e. The van der Waals surface area contributed by atoms with Gasteiger partial charge in [0.25, 0.3) is 0 Å². The maximum absolute atomic E-state index is 10.9. The number of hydrogen-bond donors (Lipinski definition) is 2. The van der Waals surface area contributed by atoms with E-state index >= 15 is 0 Å². The maximum atomic E-state index is 10.9. The summed E-state index contributed by atoms with van der Waals surface area (Å²) < 4.78 is 0. The summed E-state index contributed by atoms with van der Waals surface area (Å²) in [6.07, 6.45) is 6.84. The fraction of sp³-hybridized carbons (Fsp3) is 0.444. The van der Waals surface area contributed by atoms with Crippen LogP contribution in [0.1, 0.15) is 6.42 Å². The second-order valence-corrected chi connectivity index (χ2v) is 3.31. The van der Waals surface area contributed by atoms with Crippen molar-refractivity contribution in [2.45, 2.75) is 12.5 Å². The van der Waals surface area contributed by atoms with Crippen LogP contribution in [-0.2, 0) is 4.79 Å². The van der Waals surface area contributed by atoms with Crippen molar-refractivity contribution in [1.29, 1.82) is 0 Å². The van der Waals surface area contributed by atoms with Crippen molar-refractivity contribution in [1.82, 2.24) is 10.2 Å². The average molecular weight is 179 g/mol. The molecular weight excluding hydrogens is 166 g/mol. The number of amides is 1. The highest BCUT2D eigenvalue weighted by Gasteiger charge is 2.25. The van der Waals surface area contributed by atoms with Crippen molar-refractivity contribution in [3.8, 4) is 0 Å². The number of carbonyl (C=O) groups is 1. The second kappa shape index (κ2) is 3.12. The number of rotatable bonds is 1. The fourth-order valence-electron chi connectivity index (χ4n) is 1.65. The molecule has 2 aliphatic rings. The molecule has 0 spiro atoms. The Balaban J connectivity index is 2.09. The van der Waals surface area contributed by atoms with Gasteiger partial charge < -0.3 is 16.0 Å². The zero-order valence-electron chi connectivity index (χ0n) is 7.36. The van der Waals surface area contributed by atoms with E-state index in [9.17, 15) is 4.79 Å². The van der Waals surface area contributed by atoms with Gasteiger partial charge in [-0.25, -0.2) is 0 Å². The quantitative estimate of drug-likeness (QED) is 0.573. The molecule has 3 N–H and O–H groups in total. The number of carbonyl (C=O) groups excluding carboxylic acids is 1. The van der Waals surface area contributed by atoms with Crippen LogP contribution < -0.4 is 11.1 Å². The standard InChI is InChI=1S/C9H13N3O/c10-9(13)7-4-6-12-5-2-1-3-8(12)11-7/h1-3,7,11H,4-6H2,(H2,10,13). The molecule has 0 bridgehead atoms. The molecule has 0 aromatic heterocycles. The van der Waals surface area contributed by atoms with Crippen LogP contribution in [-0.4, -0.2) is 29.9 Å². The topological polar surface area (TPSA) is 58.4 Å². The number of fused-ring (bicyclic) bond motifs is 1. The third kappa shape index (κ3) is 1.52. The Hall–Kier alpha value is -1.45. The Morgan fingerprint density at radius 1 is 1.69 bits per heavy atom. The Morgan fingerprint density at radius 2 is 2.54 bits per heavy atom. The smallest absolute Gasteiger partial charge is 0.240 e. The Kier molecular flexibility index (Phi) is 1.96. The van der Waals surface area contributed by atoms with E-state index in [2.05, 4.69) is 16.3 Å². The first-order valence-electron chi connectivity index (χ1n) is 4.45. The summed E-state index contributed by atoms with van der Waals surface area (Å²) in [6, 6.07) is -0.200. The summed E-state index contributed by atoms with van der Waals surface area (Å²) >= 11 is 0. The fourth-order valence-corrected chi connectivity index (χ4v) is 1.65. The monoisotopic (exact) mass is 179 g/mol. The van der Waals surface area contributed by atoms with Crippen LogP contribution in [0, 0.1) is 0 Å². The summed E-state index contributed by atoms with van der Waals surface area (Å²) in [7, 11) is 0. The summed E-state index contributed by atoms with van der Waals surface area (Å²) in [4.78, 5) is 13.1. The van der Waals surface area contributed by atoms with Crippen LogP contribution >= 0.6 is 0 Å². The molecule has 0 radical (unpaired) electrons. The van der Waals surface area contributed by atoms with Gasteiger partial charge in [-0.1, -0.05) is 12.2 Å². The van der Waals surface area contributed by atoms with Crippen molar-refractivity contribution in [3.05, 3.63) is 24.0 Å². The molecule has 13 heavy (non-hydrogen) atoms. The largest absolute Gasteiger partial charge is 0.368 e. The van der Waals surface area contributed by atoms with Crippen molar-refractivity contribution >= 4 is 5.91 Å². The zero-order valence-corrected chi connectivity index (χ0v) is 7.36. The SMILES string of the molecule is NC(=O)C1CCN2CC=CC=C2N1. The lowest BCUT2D eigenvalue weighted by Crippen LogP contribution is -2.51. The molecule has 1 unspecified atom stereocenters. The lowest BCUT2D eigenvalue weighted by Gasteiger charge is -2.36. The zero-order chi connectivity index (χ0) is 9.26. The van der Waals surface area contributed by atoms with Crippen molar-refractivity contribution in [2.75, 3.05) is 13.1 Å². The Labute approximate surface area is 77.1 Å². The Bertz CT molecular complexity index is 283. The first-order chi connectivity index (χ1) is 6.27. The average Bonchev–Trinajstić information content (AvgIpc) is 2.17. The van der Waals surface area contributed by atoms with E-state index in [1.165, 1.54) is 0 Å². The van der Waals surface area contributed by atoms with E-state index in [4.69, 9.17) is 5.73 Å². The lowest BCUT2D eigenvalue weighted by atomic mass is 10.1. The van der Waals surface area contributed by atoms with Gasteiger partial charge in [0.15, 0.2) is 0 Å². The molecule has 2 heterocycles. The molecule has 2 rings (SSSR count). The molecule has 0 aliphatic carbocycles. The molecule has 1 atom stereocenters. The van der Waals surface area contributed by atoms with Gasteiger partial charge >= 0.3 is 0 Å². The van der Waals surface area contributed by atoms with Gasteiger partial charge in [-0.15, -0.1) is 0 Å². The van der Waals surface area contributed by atoms with Crippen molar-refractivity contribution < 1.29 is 4.79 Å². The molecule has 70 valence electrons. The van der Waals surface area contributed by atoms with Gasteiger partial charge in [-0.3, -0.25) is 4.79 Å². The minimum atomic E-state index is -0.268. The first-order valence-corrected chi connectivity index (χ1v) is 4.45. The van der Waals surface area contributed by atoms with Crippen LogP contribution in [0.2, 0.25) is 0 Å². The van der Waals surface area contributed by atoms with E-state index in [1.54, 1.807) is 0 Å². The molecule has 1 amide bonds. The molecule has 1 saturated heterocycles. The summed E-state index contributed by atoms with van der Waals surface area (Å²) in [6.45, 7) is 1.82. The van der Waals surface area contributed by atoms with Crippen LogP contribution in [0.5, 0.6) is 0 Å². The number of nitrogens with one attached hydrogen (secondary N) is 1. The summed E-state index contributed by atoms with van der Waals surface area (Å²) in [5, 5.41) is 3.12. The third-order valence-electron chi connectivity index (χ3n) is 2.41. The van der Waals surface area contributed by atoms with E-state index < -0.39 is 0 Å². The highest BCUT2D eigenvalue weighted by Crippen LogP contribution is 2.14. The van der Waals surface area contributed by atoms with E-state index in [0.717, 1.165) is 25.3 Å². The predicted octanol–water partition coefficient (Wildman–Crippen LogP) is -0.453. The number of nitrogens with two attached hydrogens (primary N) is 1. The number of primary amides is 1. The van der Waals surface area contributed by atoms with Gasteiger partial charge in [0, 0.05) is 13.1 Å². The van der Waals surface area contributed by atoms with Gasteiger partial charge in [-0.05, 0) is 12.5 Å². The van der Waals surface area contributed by atoms with Crippen LogP contribution in [0.4, 0.5) is 0 Å². The van der Waals surface area contributed by atoms with E-state index in [-0.39, 0.29) is 11.9 Å². The van der Waals surface area contributed by atoms with Crippen LogP contribution in [0.15, 0.2) is 24.0 Å². The van der Waals surface area contributed by atoms with Gasteiger partial charge in [0.1, 0.15) is 11.9 Å². The molecule has 0 aromatic carbocycles. The minimum Gasteiger partial charge on any atom is -0.368 e. The van der Waals surface area contributed by atoms with Gasteiger partial charge in [0.2, 0.25) is 5.91 Å². The number of allylic oxidation sites excluding steroid dienone is 2. The molecule has 4 nitrogen and oxygen atoms in total. The Morgan fingerprint density at radius 3 is 3.31 bits per heavy atom. The second-order valence-electron chi connectivity index (χ2n) is 3.31. The van der Waals surface area contributed by atoms with E-state index in [1.807, 2.05) is 12.2 Å². The molecule has 4 heteroatoms.